The van der Waals surface area contributed by atoms with E-state index >= 15 is 0 Å². The summed E-state index contributed by atoms with van der Waals surface area (Å²) >= 11 is 0. The number of hydrogen-bond donors (Lipinski definition) is 0. The van der Waals surface area contributed by atoms with Crippen LogP contribution in [0.1, 0.15) is 142 Å². The summed E-state index contributed by atoms with van der Waals surface area (Å²) in [7, 11) is 5.88. The number of carbonyl (C=O) groups excluding carboxylic acids is 3. The number of esters is 2. The monoisotopic (exact) mass is 668 g/mol. The largest absolute Gasteiger partial charge is 0.545 e. The Labute approximate surface area is 287 Å². The highest BCUT2D eigenvalue weighted by atomic mass is 16.7. The zero-order valence-corrected chi connectivity index (χ0v) is 30.6. The normalized spacial score (nSPS) is 13.3. The van der Waals surface area contributed by atoms with E-state index in [1.54, 1.807) is 0 Å². The van der Waals surface area contributed by atoms with Crippen molar-refractivity contribution < 1.29 is 42.9 Å². The summed E-state index contributed by atoms with van der Waals surface area (Å²) in [5.41, 5.74) is 0. The van der Waals surface area contributed by atoms with E-state index in [1.165, 1.54) is 44.9 Å². The number of unbranched alkanes of at least 4 members (excludes halogenated alkanes) is 14. The number of ether oxygens (including phenoxy) is 4. The fraction of sp³-hybridized carbons (Fsp3) is 0.816. The molecule has 0 spiro atoms. The second-order valence-corrected chi connectivity index (χ2v) is 13.5. The van der Waals surface area contributed by atoms with E-state index in [9.17, 15) is 19.5 Å². The lowest BCUT2D eigenvalue weighted by atomic mass is 10.1. The van der Waals surface area contributed by atoms with Gasteiger partial charge in [0.15, 0.2) is 12.4 Å². The van der Waals surface area contributed by atoms with Crippen LogP contribution in [0.5, 0.6) is 0 Å². The van der Waals surface area contributed by atoms with Crippen LogP contribution in [-0.2, 0) is 33.3 Å². The molecular weight excluding hydrogens is 598 g/mol. The molecule has 0 radical (unpaired) electrons. The highest BCUT2D eigenvalue weighted by Crippen LogP contribution is 2.12. The van der Waals surface area contributed by atoms with Crippen molar-refractivity contribution in [3.05, 3.63) is 24.3 Å². The van der Waals surface area contributed by atoms with Gasteiger partial charge in [-0.2, -0.15) is 0 Å². The molecule has 0 aliphatic heterocycles. The smallest absolute Gasteiger partial charge is 0.306 e. The molecule has 0 saturated heterocycles. The predicted molar refractivity (Wildman–Crippen MR) is 186 cm³/mol. The van der Waals surface area contributed by atoms with Crippen molar-refractivity contribution in [3.63, 3.8) is 0 Å². The number of likely N-dealkylation sites (N-methyl/N-ethyl adjacent to an activating group) is 1. The van der Waals surface area contributed by atoms with Gasteiger partial charge in [0.1, 0.15) is 13.2 Å². The van der Waals surface area contributed by atoms with Crippen molar-refractivity contribution in [2.75, 3.05) is 47.5 Å². The molecule has 0 fully saturated rings. The molecule has 0 heterocycles. The van der Waals surface area contributed by atoms with Gasteiger partial charge in [0.25, 0.3) is 0 Å². The van der Waals surface area contributed by atoms with Gasteiger partial charge in [-0.1, -0.05) is 109 Å². The van der Waals surface area contributed by atoms with Gasteiger partial charge in [-0.3, -0.25) is 9.59 Å². The Morgan fingerprint density at radius 1 is 0.638 bits per heavy atom. The van der Waals surface area contributed by atoms with Gasteiger partial charge >= 0.3 is 11.9 Å². The number of nitrogens with zero attached hydrogens (tertiary/aromatic N) is 1. The summed E-state index contributed by atoms with van der Waals surface area (Å²) in [6.07, 6.45) is 26.8. The van der Waals surface area contributed by atoms with E-state index in [0.29, 0.717) is 17.4 Å². The maximum absolute atomic E-state index is 12.6. The van der Waals surface area contributed by atoms with Crippen LogP contribution in [0.15, 0.2) is 24.3 Å². The van der Waals surface area contributed by atoms with Crippen LogP contribution < -0.4 is 5.11 Å². The summed E-state index contributed by atoms with van der Waals surface area (Å²) in [6.45, 7) is 4.58. The van der Waals surface area contributed by atoms with E-state index in [2.05, 4.69) is 38.2 Å². The molecule has 9 heteroatoms. The van der Waals surface area contributed by atoms with Crippen LogP contribution in [0.2, 0.25) is 0 Å². The van der Waals surface area contributed by atoms with Crippen LogP contribution in [0, 0.1) is 0 Å². The average molecular weight is 668 g/mol. The number of carboxylic acid groups (broad SMARTS) is 1. The van der Waals surface area contributed by atoms with E-state index < -0.39 is 24.3 Å². The van der Waals surface area contributed by atoms with Crippen LogP contribution >= 0.6 is 0 Å². The summed E-state index contributed by atoms with van der Waals surface area (Å²) in [5, 5.41) is 11.6. The van der Waals surface area contributed by atoms with Gasteiger partial charge < -0.3 is 33.3 Å². The Morgan fingerprint density at radius 3 is 1.72 bits per heavy atom. The van der Waals surface area contributed by atoms with Crippen molar-refractivity contribution in [1.82, 2.24) is 0 Å². The number of carbonyl (C=O) groups is 3. The molecule has 0 aromatic heterocycles. The van der Waals surface area contributed by atoms with Crippen LogP contribution in [0.3, 0.4) is 0 Å². The van der Waals surface area contributed by atoms with Gasteiger partial charge in [-0.15, -0.1) is 0 Å². The average Bonchev–Trinajstić information content (AvgIpc) is 3.01. The SMILES string of the molecule is CCCCC/C=C\C/C=C\CCCCCCCCCC(=O)OC(COC(=O)CCCCCCC)COC(OCC[N+](C)(C)C)C(=O)[O-]. The molecule has 2 atom stereocenters. The van der Waals surface area contributed by atoms with Crippen LogP contribution in [0.25, 0.3) is 0 Å². The summed E-state index contributed by atoms with van der Waals surface area (Å²) in [4.78, 5) is 36.4. The highest BCUT2D eigenvalue weighted by Gasteiger charge is 2.21. The fourth-order valence-electron chi connectivity index (χ4n) is 4.74. The minimum atomic E-state index is -1.62. The number of allylic oxidation sites excluding steroid dienone is 4. The molecule has 2 unspecified atom stereocenters. The van der Waals surface area contributed by atoms with Gasteiger partial charge in [0.05, 0.1) is 40.3 Å². The Balaban J connectivity index is 4.42. The maximum atomic E-state index is 12.6. The zero-order chi connectivity index (χ0) is 35.0. The summed E-state index contributed by atoms with van der Waals surface area (Å²) < 4.78 is 22.3. The lowest BCUT2D eigenvalue weighted by Gasteiger charge is -2.26. The first-order valence-electron chi connectivity index (χ1n) is 18.5. The minimum Gasteiger partial charge on any atom is -0.545 e. The molecule has 0 rings (SSSR count). The van der Waals surface area contributed by atoms with Crippen molar-refractivity contribution in [1.29, 1.82) is 0 Å². The Bertz CT molecular complexity index is 836. The van der Waals surface area contributed by atoms with Crippen LogP contribution in [0.4, 0.5) is 0 Å². The zero-order valence-electron chi connectivity index (χ0n) is 30.6. The molecule has 0 N–H and O–H groups in total. The van der Waals surface area contributed by atoms with Crippen molar-refractivity contribution in [2.24, 2.45) is 0 Å². The van der Waals surface area contributed by atoms with Crippen molar-refractivity contribution >= 4 is 17.9 Å². The van der Waals surface area contributed by atoms with Gasteiger partial charge in [-0.25, -0.2) is 0 Å². The first-order valence-corrected chi connectivity index (χ1v) is 18.5. The number of hydrogen-bond acceptors (Lipinski definition) is 8. The summed E-state index contributed by atoms with van der Waals surface area (Å²) in [5.74, 6) is -2.31. The first-order chi connectivity index (χ1) is 22.6. The summed E-state index contributed by atoms with van der Waals surface area (Å²) in [6, 6.07) is 0. The lowest BCUT2D eigenvalue weighted by Crippen LogP contribution is -2.44. The second-order valence-electron chi connectivity index (χ2n) is 13.5. The quantitative estimate of drug-likeness (QED) is 0.0237. The molecule has 0 saturated carbocycles. The Morgan fingerprint density at radius 2 is 1.15 bits per heavy atom. The van der Waals surface area contributed by atoms with E-state index in [1.807, 2.05) is 21.1 Å². The van der Waals surface area contributed by atoms with E-state index in [0.717, 1.165) is 64.2 Å². The van der Waals surface area contributed by atoms with Crippen molar-refractivity contribution in [3.8, 4) is 0 Å². The van der Waals surface area contributed by atoms with Crippen LogP contribution in [-0.4, -0.2) is 82.3 Å². The second kappa shape index (κ2) is 31.1. The third kappa shape index (κ3) is 32.1. The van der Waals surface area contributed by atoms with Gasteiger partial charge in [0, 0.05) is 12.8 Å². The van der Waals surface area contributed by atoms with Gasteiger partial charge in [0.2, 0.25) is 0 Å². The van der Waals surface area contributed by atoms with E-state index in [4.69, 9.17) is 18.9 Å². The fourth-order valence-corrected chi connectivity index (χ4v) is 4.74. The lowest BCUT2D eigenvalue weighted by molar-refractivity contribution is -0.870. The first kappa shape index (κ1) is 44.8. The molecule has 9 nitrogen and oxygen atoms in total. The molecular formula is C38H69NO8. The van der Waals surface area contributed by atoms with Gasteiger partial charge in [-0.05, 0) is 44.9 Å². The number of quaternary nitrogens is 1. The molecule has 0 aliphatic rings. The maximum Gasteiger partial charge on any atom is 0.306 e. The Kier molecular flexibility index (Phi) is 29.6. The molecule has 0 aromatic carbocycles. The minimum absolute atomic E-state index is 0.147. The molecule has 47 heavy (non-hydrogen) atoms. The van der Waals surface area contributed by atoms with E-state index in [-0.39, 0.29) is 38.6 Å². The third-order valence-corrected chi connectivity index (χ3v) is 7.70. The highest BCUT2D eigenvalue weighted by molar-refractivity contribution is 5.70. The Hall–Kier alpha value is -2.23. The standard InChI is InChI=1S/C38H69NO8/c1-6-8-10-12-13-14-15-16-17-18-19-20-21-22-23-25-27-29-36(41)47-34(32-45-35(40)28-26-24-11-9-7-2)33-46-38(37(42)43)44-31-30-39(3,4)5/h13-14,16-17,34,38H,6-12,15,18-33H2,1-5H3/b14-13-,17-16-. The third-order valence-electron chi connectivity index (χ3n) is 7.70. The number of carboxylic acids is 1. The molecule has 0 amide bonds. The number of rotatable bonds is 33. The topological polar surface area (TPSA) is 111 Å². The predicted octanol–water partition coefficient (Wildman–Crippen LogP) is 7.21. The molecule has 0 aliphatic carbocycles. The molecule has 0 bridgehead atoms. The molecule has 0 aromatic rings. The van der Waals surface area contributed by atoms with Crippen molar-refractivity contribution in [2.45, 2.75) is 155 Å². The number of aliphatic carboxylic acids is 1. The molecule has 274 valence electrons.